The second-order valence-electron chi connectivity index (χ2n) is 7.33. The van der Waals surface area contributed by atoms with Gasteiger partial charge in [0, 0.05) is 24.5 Å². The first-order valence-electron chi connectivity index (χ1n) is 10.4. The van der Waals surface area contributed by atoms with Gasteiger partial charge in [0.25, 0.3) is 5.91 Å². The second kappa shape index (κ2) is 12.2. The van der Waals surface area contributed by atoms with Crippen LogP contribution in [0.3, 0.4) is 0 Å². The lowest BCUT2D eigenvalue weighted by molar-refractivity contribution is -0.605. The number of hydrogen-bond acceptors (Lipinski definition) is 8. The number of aromatic nitrogens is 3. The molecular weight excluding hydrogens is 564 g/mol. The Bertz CT molecular complexity index is 1480. The highest BCUT2D eigenvalue weighted by Gasteiger charge is 2.38. The molecule has 0 atom stereocenters. The molecule has 19 heteroatoms. The molecule has 0 unspecified atom stereocenters. The molecule has 0 saturated carbocycles. The first-order chi connectivity index (χ1) is 18.5. The molecule has 40 heavy (non-hydrogen) atoms. The van der Waals surface area contributed by atoms with Crippen LogP contribution in [0.1, 0.15) is 10.4 Å². The Morgan fingerprint density at radius 1 is 1.10 bits per heavy atom. The highest BCUT2D eigenvalue weighted by Crippen LogP contribution is 2.36. The van der Waals surface area contributed by atoms with Crippen LogP contribution in [0.4, 0.5) is 32.2 Å². The van der Waals surface area contributed by atoms with Gasteiger partial charge in [-0.05, 0) is 18.2 Å². The number of benzene rings is 1. The number of nitrogens with zero attached hydrogens (tertiary/aromatic N) is 4. The van der Waals surface area contributed by atoms with Gasteiger partial charge in [-0.3, -0.25) is 9.36 Å². The van der Waals surface area contributed by atoms with E-state index in [9.17, 15) is 41.5 Å². The van der Waals surface area contributed by atoms with Crippen LogP contribution in [-0.4, -0.2) is 68.7 Å². The molecule has 3 heterocycles. The van der Waals surface area contributed by atoms with Gasteiger partial charge in [-0.15, -0.1) is 0 Å². The number of halogens is 6. The molecule has 4 rings (SSSR count). The van der Waals surface area contributed by atoms with Gasteiger partial charge >= 0.3 is 24.3 Å². The number of anilines is 1. The van der Waals surface area contributed by atoms with Gasteiger partial charge in [0.15, 0.2) is 23.9 Å². The van der Waals surface area contributed by atoms with Gasteiger partial charge in [0.05, 0.1) is 7.11 Å². The number of phenolic OH excluding ortho intramolecular Hbond substituents is 1. The number of alkyl halides is 6. The van der Waals surface area contributed by atoms with E-state index >= 15 is 0 Å². The van der Waals surface area contributed by atoms with E-state index in [0.29, 0.717) is 23.3 Å². The zero-order valence-electron chi connectivity index (χ0n) is 19.8. The Balaban J connectivity index is 0.000000333. The zero-order chi connectivity index (χ0) is 30.4. The third kappa shape index (κ3) is 7.71. The number of phenols is 1. The van der Waals surface area contributed by atoms with Crippen molar-refractivity contribution in [1.29, 1.82) is 0 Å². The van der Waals surface area contributed by atoms with Crippen LogP contribution >= 0.6 is 0 Å². The summed E-state index contributed by atoms with van der Waals surface area (Å²) in [6.45, 7) is 1.25. The molecule has 0 radical (unpaired) electrons. The summed E-state index contributed by atoms with van der Waals surface area (Å²) in [7, 11) is 1.43. The number of ether oxygens (including phenoxy) is 1. The normalized spacial score (nSPS) is 12.7. The number of fused-ring (bicyclic) bond motifs is 3. The Labute approximate surface area is 217 Å². The van der Waals surface area contributed by atoms with Crippen LogP contribution < -0.4 is 20.4 Å². The van der Waals surface area contributed by atoms with Gasteiger partial charge in [0.2, 0.25) is 5.62 Å². The van der Waals surface area contributed by atoms with E-state index in [-0.39, 0.29) is 22.7 Å². The molecule has 1 aliphatic rings. The van der Waals surface area contributed by atoms with Gasteiger partial charge in [-0.2, -0.15) is 36.1 Å². The van der Waals surface area contributed by atoms with E-state index in [2.05, 4.69) is 15.3 Å². The quantitative estimate of drug-likeness (QED) is 0.197. The number of nitrogens with one attached hydrogen (secondary N) is 1. The highest BCUT2D eigenvalue weighted by atomic mass is 19.4. The van der Waals surface area contributed by atoms with E-state index < -0.39 is 30.2 Å². The predicted molar refractivity (Wildman–Crippen MR) is 119 cm³/mol. The lowest BCUT2D eigenvalue weighted by atomic mass is 10.2. The van der Waals surface area contributed by atoms with E-state index in [1.807, 2.05) is 0 Å². The van der Waals surface area contributed by atoms with Crippen LogP contribution in [0.5, 0.6) is 11.5 Å². The largest absolute Gasteiger partial charge is 0.619 e. The summed E-state index contributed by atoms with van der Waals surface area (Å²) in [5, 5.41) is 39.6. The molecule has 0 fully saturated rings. The fourth-order valence-electron chi connectivity index (χ4n) is 2.98. The van der Waals surface area contributed by atoms with Gasteiger partial charge < -0.3 is 30.6 Å². The summed E-state index contributed by atoms with van der Waals surface area (Å²) >= 11 is 0. The maximum atomic E-state index is 12.5. The third-order valence-electron chi connectivity index (χ3n) is 4.63. The molecule has 3 aromatic rings. The SMILES string of the molecule is COc1c(O)ccc2c3n(c(=NC(=O)c4ccc[n+]([O-])c4)nc12)CCN3.O=C(O)C(F)(F)F.O=C(O)C(F)(F)F. The number of carboxylic acid groups (broad SMARTS) is 2. The molecule has 1 aliphatic heterocycles. The summed E-state index contributed by atoms with van der Waals surface area (Å²) in [4.78, 5) is 38.8. The second-order valence-corrected chi connectivity index (χ2v) is 7.33. The monoisotopic (exact) mass is 581 g/mol. The van der Waals surface area contributed by atoms with Crippen molar-refractivity contribution in [2.45, 2.75) is 18.9 Å². The number of hydrogen-bond donors (Lipinski definition) is 4. The van der Waals surface area contributed by atoms with Crippen molar-refractivity contribution in [2.24, 2.45) is 4.99 Å². The van der Waals surface area contributed by atoms with Crippen molar-refractivity contribution in [1.82, 2.24) is 9.55 Å². The topological polar surface area (TPSA) is 190 Å². The lowest BCUT2D eigenvalue weighted by Gasteiger charge is -2.11. The highest BCUT2D eigenvalue weighted by molar-refractivity contribution is 5.96. The molecule has 4 N–H and O–H groups in total. The van der Waals surface area contributed by atoms with E-state index in [0.717, 1.165) is 17.4 Å². The Morgan fingerprint density at radius 2 is 1.68 bits per heavy atom. The van der Waals surface area contributed by atoms with Crippen molar-refractivity contribution in [2.75, 3.05) is 19.0 Å². The number of aliphatic carboxylic acids is 2. The van der Waals surface area contributed by atoms with Crippen molar-refractivity contribution in [3.63, 3.8) is 0 Å². The number of carbonyl (C=O) groups is 3. The number of pyridine rings is 1. The molecule has 13 nitrogen and oxygen atoms in total. The lowest BCUT2D eigenvalue weighted by Crippen LogP contribution is -2.27. The van der Waals surface area contributed by atoms with Crippen molar-refractivity contribution in [3.8, 4) is 11.5 Å². The molecule has 1 amide bonds. The van der Waals surface area contributed by atoms with E-state index in [4.69, 9.17) is 24.5 Å². The fraction of sp³-hybridized carbons (Fsp3) is 0.238. The number of amides is 1. The van der Waals surface area contributed by atoms with Crippen LogP contribution in [0.25, 0.3) is 10.9 Å². The summed E-state index contributed by atoms with van der Waals surface area (Å²) in [6.07, 6.45) is -7.72. The Kier molecular flexibility index (Phi) is 9.47. The molecule has 0 bridgehead atoms. The summed E-state index contributed by atoms with van der Waals surface area (Å²) in [6, 6.07) is 6.25. The smallest absolute Gasteiger partial charge is 0.490 e. The third-order valence-corrected chi connectivity index (χ3v) is 4.63. The molecule has 0 aliphatic carbocycles. The number of methoxy groups -OCH3 is 1. The first kappa shape index (κ1) is 31.1. The minimum atomic E-state index is -5.08. The summed E-state index contributed by atoms with van der Waals surface area (Å²) in [5.74, 6) is -5.20. The molecule has 216 valence electrons. The molecule has 0 spiro atoms. The van der Waals surface area contributed by atoms with Crippen molar-refractivity contribution >= 4 is 34.6 Å². The minimum Gasteiger partial charge on any atom is -0.619 e. The summed E-state index contributed by atoms with van der Waals surface area (Å²) < 4.78 is 71.1. The van der Waals surface area contributed by atoms with E-state index in [1.54, 1.807) is 10.6 Å². The Hall–Kier alpha value is -5.10. The zero-order valence-corrected chi connectivity index (χ0v) is 19.8. The number of carbonyl (C=O) groups excluding carboxylic acids is 1. The van der Waals surface area contributed by atoms with Gasteiger partial charge in [0.1, 0.15) is 16.9 Å². The first-order valence-corrected chi connectivity index (χ1v) is 10.4. The maximum absolute atomic E-state index is 12.5. The number of rotatable bonds is 2. The number of aromatic hydroxyl groups is 1. The summed E-state index contributed by atoms with van der Waals surface area (Å²) in [5.41, 5.74) is 0.729. The molecule has 2 aromatic heterocycles. The predicted octanol–water partition coefficient (Wildman–Crippen LogP) is 1.82. The van der Waals surface area contributed by atoms with Crippen LogP contribution in [0, 0.1) is 5.21 Å². The van der Waals surface area contributed by atoms with Crippen molar-refractivity contribution < 1.29 is 65.5 Å². The van der Waals surface area contributed by atoms with Gasteiger partial charge in [-0.25, -0.2) is 14.6 Å². The Morgan fingerprint density at radius 3 is 2.17 bits per heavy atom. The van der Waals surface area contributed by atoms with Crippen molar-refractivity contribution in [3.05, 3.63) is 53.0 Å². The van der Waals surface area contributed by atoms with Crippen LogP contribution in [0.2, 0.25) is 0 Å². The van der Waals surface area contributed by atoms with Crippen LogP contribution in [-0.2, 0) is 16.1 Å². The number of carboxylic acids is 2. The van der Waals surface area contributed by atoms with Gasteiger partial charge in [-0.1, -0.05) is 0 Å². The molecule has 1 aromatic carbocycles. The fourth-order valence-corrected chi connectivity index (χ4v) is 2.98. The average molecular weight is 581 g/mol. The average Bonchev–Trinajstić information content (AvgIpc) is 3.34. The maximum Gasteiger partial charge on any atom is 0.490 e. The molecule has 0 saturated heterocycles. The van der Waals surface area contributed by atoms with Crippen LogP contribution in [0.15, 0.2) is 41.7 Å². The standard InChI is InChI=1S/C17H15N5O4.2C2HF3O2/c1-26-14-12(23)5-4-11-13(14)19-17(22-8-6-18-15(11)22)20-16(24)10-3-2-7-21(25)9-10;2*3-2(4,5)1(6)7/h2-5,7,9,18,23H,6,8H2,1H3;2*(H,6,7). The minimum absolute atomic E-state index is 0.0526. The van der Waals surface area contributed by atoms with E-state index in [1.165, 1.54) is 31.5 Å². The molecular formula is C21H17F6N5O8.